The molecule has 0 atom stereocenters. The summed E-state index contributed by atoms with van der Waals surface area (Å²) in [5, 5.41) is 16.1. The number of alkyl halides is 5. The van der Waals surface area contributed by atoms with Crippen molar-refractivity contribution in [1.82, 2.24) is 15.1 Å². The third-order valence-electron chi connectivity index (χ3n) is 3.88. The van der Waals surface area contributed by atoms with Crippen molar-refractivity contribution in [3.63, 3.8) is 0 Å². The first-order valence-electron chi connectivity index (χ1n) is 7.88. The standard InChI is InChI=1S/C16H18F5N3O2S/c1-15(2,9-4-3-7-27-9)8-22-14(26)10-11(13(17)18)24(5-6-25)23-12(10)16(19,20)21/h3-4,7,13,25H,5-6,8H2,1-2H3,(H,22,26). The Kier molecular flexibility index (Phi) is 6.25. The number of aliphatic hydroxyl groups excluding tert-OH is 1. The molecule has 0 bridgehead atoms. The maximum Gasteiger partial charge on any atom is 0.435 e. The molecule has 0 unspecified atom stereocenters. The highest BCUT2D eigenvalue weighted by atomic mass is 32.1. The third-order valence-corrected chi connectivity index (χ3v) is 5.12. The van der Waals surface area contributed by atoms with Crippen molar-refractivity contribution >= 4 is 17.2 Å². The summed E-state index contributed by atoms with van der Waals surface area (Å²) in [5.41, 5.74) is -4.68. The van der Waals surface area contributed by atoms with Gasteiger partial charge in [-0.2, -0.15) is 18.3 Å². The maximum atomic E-state index is 13.4. The number of thiophene rings is 1. The highest BCUT2D eigenvalue weighted by Crippen LogP contribution is 2.36. The Morgan fingerprint density at radius 1 is 1.37 bits per heavy atom. The molecule has 0 aliphatic heterocycles. The number of nitrogens with one attached hydrogen (secondary N) is 1. The number of hydrogen-bond acceptors (Lipinski definition) is 4. The van der Waals surface area contributed by atoms with Crippen molar-refractivity contribution in [2.24, 2.45) is 0 Å². The lowest BCUT2D eigenvalue weighted by Crippen LogP contribution is -2.37. The van der Waals surface area contributed by atoms with Crippen LogP contribution in [0.4, 0.5) is 22.0 Å². The van der Waals surface area contributed by atoms with Gasteiger partial charge in [-0.05, 0) is 11.4 Å². The molecule has 0 saturated heterocycles. The van der Waals surface area contributed by atoms with E-state index in [1.54, 1.807) is 19.9 Å². The van der Waals surface area contributed by atoms with E-state index >= 15 is 0 Å². The predicted molar refractivity (Wildman–Crippen MR) is 89.0 cm³/mol. The second-order valence-electron chi connectivity index (χ2n) is 6.40. The first-order chi connectivity index (χ1) is 12.5. The predicted octanol–water partition coefficient (Wildman–Crippen LogP) is 3.60. The molecule has 150 valence electrons. The molecular weight excluding hydrogens is 393 g/mol. The van der Waals surface area contributed by atoms with E-state index in [1.165, 1.54) is 11.3 Å². The van der Waals surface area contributed by atoms with E-state index in [0.29, 0.717) is 4.68 Å². The number of rotatable bonds is 7. The van der Waals surface area contributed by atoms with E-state index in [2.05, 4.69) is 10.4 Å². The zero-order chi connectivity index (χ0) is 20.4. The largest absolute Gasteiger partial charge is 0.435 e. The highest BCUT2D eigenvalue weighted by molar-refractivity contribution is 7.10. The van der Waals surface area contributed by atoms with Crippen molar-refractivity contribution in [1.29, 1.82) is 0 Å². The lowest BCUT2D eigenvalue weighted by atomic mass is 9.91. The minimum absolute atomic E-state index is 0.0580. The number of carbonyl (C=O) groups excluding carboxylic acids is 1. The van der Waals surface area contributed by atoms with Crippen molar-refractivity contribution in [3.8, 4) is 0 Å². The van der Waals surface area contributed by atoms with Crippen molar-refractivity contribution < 1.29 is 31.9 Å². The van der Waals surface area contributed by atoms with Crippen LogP contribution >= 0.6 is 11.3 Å². The van der Waals surface area contributed by atoms with Crippen LogP contribution in [0.5, 0.6) is 0 Å². The zero-order valence-electron chi connectivity index (χ0n) is 14.5. The smallest absolute Gasteiger partial charge is 0.394 e. The second-order valence-corrected chi connectivity index (χ2v) is 7.35. The number of aliphatic hydroxyl groups is 1. The van der Waals surface area contributed by atoms with Gasteiger partial charge < -0.3 is 10.4 Å². The fraction of sp³-hybridized carbons (Fsp3) is 0.500. The molecule has 0 spiro atoms. The fourth-order valence-electron chi connectivity index (χ4n) is 2.52. The van der Waals surface area contributed by atoms with E-state index in [0.717, 1.165) is 4.88 Å². The van der Waals surface area contributed by atoms with Gasteiger partial charge in [0.05, 0.1) is 18.7 Å². The molecule has 1 amide bonds. The van der Waals surface area contributed by atoms with Gasteiger partial charge in [0.15, 0.2) is 5.69 Å². The van der Waals surface area contributed by atoms with Crippen LogP contribution in [-0.2, 0) is 18.1 Å². The van der Waals surface area contributed by atoms with E-state index in [1.807, 2.05) is 11.4 Å². The molecule has 2 aromatic heterocycles. The Hall–Kier alpha value is -2.01. The molecule has 5 nitrogen and oxygen atoms in total. The van der Waals surface area contributed by atoms with Crippen LogP contribution in [0.15, 0.2) is 17.5 Å². The number of halogens is 5. The molecule has 0 saturated carbocycles. The van der Waals surface area contributed by atoms with Gasteiger partial charge in [0, 0.05) is 16.8 Å². The summed E-state index contributed by atoms with van der Waals surface area (Å²) in [6, 6.07) is 3.60. The second kappa shape index (κ2) is 7.93. The van der Waals surface area contributed by atoms with E-state index in [9.17, 15) is 26.7 Å². The minimum Gasteiger partial charge on any atom is -0.394 e. The Morgan fingerprint density at radius 3 is 2.52 bits per heavy atom. The van der Waals surface area contributed by atoms with Gasteiger partial charge in [0.2, 0.25) is 0 Å². The van der Waals surface area contributed by atoms with Crippen molar-refractivity contribution in [2.75, 3.05) is 13.2 Å². The van der Waals surface area contributed by atoms with Gasteiger partial charge in [0.1, 0.15) is 5.69 Å². The molecule has 0 radical (unpaired) electrons. The van der Waals surface area contributed by atoms with Gasteiger partial charge in [-0.15, -0.1) is 11.3 Å². The average Bonchev–Trinajstić information content (AvgIpc) is 3.20. The highest BCUT2D eigenvalue weighted by Gasteiger charge is 2.43. The summed E-state index contributed by atoms with van der Waals surface area (Å²) in [7, 11) is 0. The fourth-order valence-corrected chi connectivity index (χ4v) is 3.38. The topological polar surface area (TPSA) is 67.2 Å². The zero-order valence-corrected chi connectivity index (χ0v) is 15.3. The molecule has 11 heteroatoms. The maximum absolute atomic E-state index is 13.4. The summed E-state index contributed by atoms with van der Waals surface area (Å²) in [6.45, 7) is 2.19. The van der Waals surface area contributed by atoms with Gasteiger partial charge in [-0.25, -0.2) is 8.78 Å². The average molecular weight is 411 g/mol. The molecule has 0 aromatic carbocycles. The molecular formula is C16H18F5N3O2S. The van der Waals surface area contributed by atoms with Crippen LogP contribution in [0, 0.1) is 0 Å². The summed E-state index contributed by atoms with van der Waals surface area (Å²) in [6.07, 6.45) is -8.47. The molecule has 2 N–H and O–H groups in total. The van der Waals surface area contributed by atoms with Crippen LogP contribution in [0.25, 0.3) is 0 Å². The monoisotopic (exact) mass is 411 g/mol. The number of hydrogen-bond donors (Lipinski definition) is 2. The van der Waals surface area contributed by atoms with Crippen LogP contribution in [-0.4, -0.2) is 33.9 Å². The van der Waals surface area contributed by atoms with E-state index in [4.69, 9.17) is 5.11 Å². The van der Waals surface area contributed by atoms with Gasteiger partial charge in [-0.1, -0.05) is 19.9 Å². The van der Waals surface area contributed by atoms with Crippen molar-refractivity contribution in [3.05, 3.63) is 39.3 Å². The molecule has 27 heavy (non-hydrogen) atoms. The van der Waals surface area contributed by atoms with Gasteiger partial charge in [-0.3, -0.25) is 9.48 Å². The lowest BCUT2D eigenvalue weighted by Gasteiger charge is -2.23. The summed E-state index contributed by atoms with van der Waals surface area (Å²) in [4.78, 5) is 13.3. The number of carbonyl (C=O) groups is 1. The van der Waals surface area contributed by atoms with Crippen LogP contribution in [0.2, 0.25) is 0 Å². The van der Waals surface area contributed by atoms with Crippen LogP contribution in [0.3, 0.4) is 0 Å². The van der Waals surface area contributed by atoms with E-state index in [-0.39, 0.29) is 6.54 Å². The van der Waals surface area contributed by atoms with Crippen molar-refractivity contribution in [2.45, 2.75) is 38.4 Å². The first kappa shape index (κ1) is 21.3. The molecule has 0 aliphatic carbocycles. The van der Waals surface area contributed by atoms with Crippen LogP contribution in [0.1, 0.15) is 46.9 Å². The SMILES string of the molecule is CC(C)(CNC(=O)c1c(C(F)(F)F)nn(CCO)c1C(F)F)c1cccs1. The van der Waals surface area contributed by atoms with Crippen LogP contribution < -0.4 is 5.32 Å². The van der Waals surface area contributed by atoms with Gasteiger partial charge >= 0.3 is 6.18 Å². The number of aromatic nitrogens is 2. The quantitative estimate of drug-likeness (QED) is 0.685. The summed E-state index contributed by atoms with van der Waals surface area (Å²) in [5.74, 6) is -1.29. The number of amides is 1. The minimum atomic E-state index is -5.10. The lowest BCUT2D eigenvalue weighted by molar-refractivity contribution is -0.141. The van der Waals surface area contributed by atoms with E-state index < -0.39 is 54.0 Å². The molecule has 2 rings (SSSR count). The van der Waals surface area contributed by atoms with Gasteiger partial charge in [0.25, 0.3) is 12.3 Å². The Balaban J connectivity index is 2.38. The Morgan fingerprint density at radius 2 is 2.04 bits per heavy atom. The molecule has 2 heterocycles. The molecule has 2 aromatic rings. The first-order valence-corrected chi connectivity index (χ1v) is 8.76. The Bertz CT molecular complexity index is 785. The summed E-state index contributed by atoms with van der Waals surface area (Å²) >= 11 is 1.41. The Labute approximate surface area is 155 Å². The number of nitrogens with zero attached hydrogens (tertiary/aromatic N) is 2. The normalized spacial score (nSPS) is 12.6. The molecule has 0 aliphatic rings. The summed E-state index contributed by atoms with van der Waals surface area (Å²) < 4.78 is 66.8. The molecule has 0 fully saturated rings. The third kappa shape index (κ3) is 4.64.